The Balaban J connectivity index is 1.89. The summed E-state index contributed by atoms with van der Waals surface area (Å²) in [4.78, 5) is 15.9. The molecule has 0 atom stereocenters. The lowest BCUT2D eigenvalue weighted by atomic mass is 10.2. The largest absolute Gasteiger partial charge is 0.298 e. The number of aromatic nitrogens is 1. The Morgan fingerprint density at radius 2 is 1.95 bits per heavy atom. The second-order valence-corrected chi connectivity index (χ2v) is 5.10. The summed E-state index contributed by atoms with van der Waals surface area (Å²) < 4.78 is 27.2. The Morgan fingerprint density at radius 3 is 2.70 bits per heavy atom. The van der Waals surface area contributed by atoms with Crippen LogP contribution in [0.15, 0.2) is 42.5 Å². The maximum Gasteiger partial charge on any atom is 0.257 e. The second kappa shape index (κ2) is 4.97. The van der Waals surface area contributed by atoms with Gasteiger partial charge in [-0.15, -0.1) is 0 Å². The van der Waals surface area contributed by atoms with Crippen molar-refractivity contribution < 1.29 is 13.6 Å². The lowest BCUT2D eigenvalue weighted by Crippen LogP contribution is -2.11. The van der Waals surface area contributed by atoms with E-state index in [-0.39, 0.29) is 16.2 Å². The van der Waals surface area contributed by atoms with Crippen molar-refractivity contribution in [3.05, 3.63) is 59.7 Å². The molecule has 2 aromatic carbocycles. The molecule has 1 amide bonds. The van der Waals surface area contributed by atoms with E-state index in [0.717, 1.165) is 17.4 Å². The summed E-state index contributed by atoms with van der Waals surface area (Å²) in [6, 6.07) is 9.92. The number of fused-ring (bicyclic) bond motifs is 1. The molecule has 0 bridgehead atoms. The molecule has 1 N–H and O–H groups in total. The molecule has 0 saturated carbocycles. The summed E-state index contributed by atoms with van der Waals surface area (Å²) >= 11 is 1.16. The van der Waals surface area contributed by atoms with Crippen LogP contribution in [0, 0.1) is 11.6 Å². The summed E-state index contributed by atoms with van der Waals surface area (Å²) in [7, 11) is 0. The fourth-order valence-corrected chi connectivity index (χ4v) is 2.64. The quantitative estimate of drug-likeness (QED) is 0.779. The van der Waals surface area contributed by atoms with E-state index >= 15 is 0 Å². The van der Waals surface area contributed by atoms with E-state index < -0.39 is 17.5 Å². The first kappa shape index (κ1) is 12.7. The number of benzene rings is 2. The van der Waals surface area contributed by atoms with Crippen LogP contribution in [0.1, 0.15) is 10.4 Å². The highest BCUT2D eigenvalue weighted by Gasteiger charge is 2.12. The highest BCUT2D eigenvalue weighted by molar-refractivity contribution is 7.22. The molecule has 6 heteroatoms. The lowest BCUT2D eigenvalue weighted by molar-refractivity contribution is 0.102. The van der Waals surface area contributed by atoms with Crippen LogP contribution in [0.25, 0.3) is 10.2 Å². The van der Waals surface area contributed by atoms with Gasteiger partial charge in [-0.25, -0.2) is 13.8 Å². The predicted octanol–water partition coefficient (Wildman–Crippen LogP) is 3.83. The zero-order chi connectivity index (χ0) is 14.1. The molecule has 3 aromatic rings. The monoisotopic (exact) mass is 290 g/mol. The molecule has 0 aliphatic heterocycles. The van der Waals surface area contributed by atoms with Gasteiger partial charge in [0.1, 0.15) is 17.2 Å². The number of amides is 1. The lowest BCUT2D eigenvalue weighted by Gasteiger charge is -2.01. The Morgan fingerprint density at radius 1 is 1.15 bits per heavy atom. The van der Waals surface area contributed by atoms with Gasteiger partial charge >= 0.3 is 0 Å². The van der Waals surface area contributed by atoms with Crippen LogP contribution < -0.4 is 5.32 Å². The number of para-hydroxylation sites is 1. The van der Waals surface area contributed by atoms with E-state index in [1.807, 2.05) is 0 Å². The molecular weight excluding hydrogens is 282 g/mol. The smallest absolute Gasteiger partial charge is 0.257 e. The Labute approximate surface area is 116 Å². The van der Waals surface area contributed by atoms with Crippen LogP contribution in [0.5, 0.6) is 0 Å². The van der Waals surface area contributed by atoms with Crippen molar-refractivity contribution in [1.29, 1.82) is 0 Å². The standard InChI is InChI=1S/C14H8F2N2OS/c15-9-4-1-3-8(7-9)13(19)18-14-17-12-10(16)5-2-6-11(12)20-14/h1-7H,(H,17,18,19). The maximum atomic E-state index is 13.5. The predicted molar refractivity (Wildman–Crippen MR) is 73.9 cm³/mol. The Hall–Kier alpha value is -2.34. The molecule has 0 unspecified atom stereocenters. The number of nitrogens with zero attached hydrogens (tertiary/aromatic N) is 1. The van der Waals surface area contributed by atoms with Gasteiger partial charge in [-0.05, 0) is 30.3 Å². The molecule has 0 fully saturated rings. The van der Waals surface area contributed by atoms with Crippen molar-refractivity contribution in [2.75, 3.05) is 5.32 Å². The zero-order valence-electron chi connectivity index (χ0n) is 10.1. The number of hydrogen-bond donors (Lipinski definition) is 1. The average Bonchev–Trinajstić information content (AvgIpc) is 2.83. The number of nitrogens with one attached hydrogen (secondary N) is 1. The van der Waals surface area contributed by atoms with Crippen LogP contribution in [0.3, 0.4) is 0 Å². The Bertz CT molecular complexity index is 801. The maximum absolute atomic E-state index is 13.5. The SMILES string of the molecule is O=C(Nc1nc2c(F)cccc2s1)c1cccc(F)c1. The van der Waals surface area contributed by atoms with Crippen molar-refractivity contribution in [3.63, 3.8) is 0 Å². The number of thiazole rings is 1. The third-order valence-corrected chi connectivity index (χ3v) is 3.61. The molecule has 3 rings (SSSR count). The van der Waals surface area contributed by atoms with Crippen LogP contribution in [0.4, 0.5) is 13.9 Å². The first-order valence-electron chi connectivity index (χ1n) is 5.75. The summed E-state index contributed by atoms with van der Waals surface area (Å²) in [5.41, 5.74) is 0.400. The van der Waals surface area contributed by atoms with Crippen LogP contribution in [0.2, 0.25) is 0 Å². The third-order valence-electron chi connectivity index (χ3n) is 2.68. The second-order valence-electron chi connectivity index (χ2n) is 4.07. The van der Waals surface area contributed by atoms with Crippen LogP contribution in [-0.4, -0.2) is 10.9 Å². The first-order valence-corrected chi connectivity index (χ1v) is 6.57. The fraction of sp³-hybridized carbons (Fsp3) is 0. The Kier molecular flexibility index (Phi) is 3.15. The topological polar surface area (TPSA) is 42.0 Å². The van der Waals surface area contributed by atoms with E-state index in [1.165, 1.54) is 24.3 Å². The first-order chi connectivity index (χ1) is 9.63. The van der Waals surface area contributed by atoms with Crippen molar-refractivity contribution in [2.24, 2.45) is 0 Å². The van der Waals surface area contributed by atoms with Gasteiger partial charge < -0.3 is 0 Å². The molecule has 0 aliphatic rings. The van der Waals surface area contributed by atoms with E-state index in [4.69, 9.17) is 0 Å². The number of carbonyl (C=O) groups excluding carboxylic acids is 1. The minimum absolute atomic E-state index is 0.185. The molecule has 0 spiro atoms. The fourth-order valence-electron chi connectivity index (χ4n) is 1.77. The van der Waals surface area contributed by atoms with Crippen molar-refractivity contribution in [3.8, 4) is 0 Å². The number of hydrogen-bond acceptors (Lipinski definition) is 3. The van der Waals surface area contributed by atoms with Gasteiger partial charge in [0.2, 0.25) is 0 Å². The van der Waals surface area contributed by atoms with Crippen LogP contribution >= 0.6 is 11.3 Å². The van der Waals surface area contributed by atoms with E-state index in [0.29, 0.717) is 4.70 Å². The highest BCUT2D eigenvalue weighted by Crippen LogP contribution is 2.27. The average molecular weight is 290 g/mol. The zero-order valence-corrected chi connectivity index (χ0v) is 10.9. The molecule has 3 nitrogen and oxygen atoms in total. The van der Waals surface area contributed by atoms with E-state index in [1.54, 1.807) is 12.1 Å². The molecule has 1 heterocycles. The van der Waals surface area contributed by atoms with Crippen molar-refractivity contribution >= 4 is 32.6 Å². The number of carbonyl (C=O) groups is 1. The highest BCUT2D eigenvalue weighted by atomic mass is 32.1. The number of halogens is 2. The number of anilines is 1. The van der Waals surface area contributed by atoms with E-state index in [9.17, 15) is 13.6 Å². The molecule has 1 aromatic heterocycles. The normalized spacial score (nSPS) is 10.7. The van der Waals surface area contributed by atoms with Crippen LogP contribution in [-0.2, 0) is 0 Å². The van der Waals surface area contributed by atoms with Crippen molar-refractivity contribution in [2.45, 2.75) is 0 Å². The summed E-state index contributed by atoms with van der Waals surface area (Å²) in [6.45, 7) is 0. The van der Waals surface area contributed by atoms with Gasteiger partial charge in [-0.2, -0.15) is 0 Å². The summed E-state index contributed by atoms with van der Waals surface area (Å²) in [5.74, 6) is -1.41. The van der Waals surface area contributed by atoms with Gasteiger partial charge in [0.15, 0.2) is 5.13 Å². The summed E-state index contributed by atoms with van der Waals surface area (Å²) in [5, 5.41) is 2.81. The van der Waals surface area contributed by atoms with Gasteiger partial charge in [-0.1, -0.05) is 23.5 Å². The molecule has 0 radical (unpaired) electrons. The van der Waals surface area contributed by atoms with Gasteiger partial charge in [-0.3, -0.25) is 10.1 Å². The third kappa shape index (κ3) is 2.37. The van der Waals surface area contributed by atoms with Gasteiger partial charge in [0.05, 0.1) is 4.70 Å². The summed E-state index contributed by atoms with van der Waals surface area (Å²) in [6.07, 6.45) is 0. The van der Waals surface area contributed by atoms with Gasteiger partial charge in [0, 0.05) is 5.56 Å². The molecule has 0 aliphatic carbocycles. The molecule has 20 heavy (non-hydrogen) atoms. The molecule has 0 saturated heterocycles. The van der Waals surface area contributed by atoms with Gasteiger partial charge in [0.25, 0.3) is 5.91 Å². The molecule has 100 valence electrons. The molecular formula is C14H8F2N2OS. The van der Waals surface area contributed by atoms with Crippen molar-refractivity contribution in [1.82, 2.24) is 4.98 Å². The minimum Gasteiger partial charge on any atom is -0.298 e. The minimum atomic E-state index is -0.493. The number of rotatable bonds is 2. The van der Waals surface area contributed by atoms with E-state index in [2.05, 4.69) is 10.3 Å².